The molecule has 5 heteroatoms. The SMILES string of the molecule is Cc1cc(C)c(CNC(=O)/C=C/c2ccccc2F)c(=O)[nH]1. The lowest BCUT2D eigenvalue weighted by molar-refractivity contribution is -0.116. The molecule has 0 aliphatic heterocycles. The molecule has 114 valence electrons. The minimum Gasteiger partial charge on any atom is -0.348 e. The van der Waals surface area contributed by atoms with E-state index in [0.29, 0.717) is 11.1 Å². The van der Waals surface area contributed by atoms with E-state index >= 15 is 0 Å². The fraction of sp³-hybridized carbons (Fsp3) is 0.176. The van der Waals surface area contributed by atoms with Crippen LogP contribution in [0.3, 0.4) is 0 Å². The van der Waals surface area contributed by atoms with Gasteiger partial charge in [0.1, 0.15) is 5.82 Å². The van der Waals surface area contributed by atoms with Gasteiger partial charge in [-0.25, -0.2) is 4.39 Å². The van der Waals surface area contributed by atoms with Crippen molar-refractivity contribution in [3.63, 3.8) is 0 Å². The van der Waals surface area contributed by atoms with Gasteiger partial charge in [0.15, 0.2) is 0 Å². The Bertz CT molecular complexity index is 778. The monoisotopic (exact) mass is 300 g/mol. The number of rotatable bonds is 4. The van der Waals surface area contributed by atoms with Gasteiger partial charge in [-0.05, 0) is 37.6 Å². The van der Waals surface area contributed by atoms with Crippen molar-refractivity contribution in [3.8, 4) is 0 Å². The first-order valence-electron chi connectivity index (χ1n) is 6.87. The summed E-state index contributed by atoms with van der Waals surface area (Å²) in [4.78, 5) is 26.3. The van der Waals surface area contributed by atoms with Crippen LogP contribution in [0.4, 0.5) is 4.39 Å². The summed E-state index contributed by atoms with van der Waals surface area (Å²) in [6, 6.07) is 8.02. The van der Waals surface area contributed by atoms with Gasteiger partial charge in [0.05, 0.1) is 0 Å². The highest BCUT2D eigenvalue weighted by molar-refractivity contribution is 5.91. The molecule has 22 heavy (non-hydrogen) atoms. The number of amides is 1. The normalized spacial score (nSPS) is 10.9. The van der Waals surface area contributed by atoms with Gasteiger partial charge in [-0.15, -0.1) is 0 Å². The first-order chi connectivity index (χ1) is 10.5. The van der Waals surface area contributed by atoms with Gasteiger partial charge < -0.3 is 10.3 Å². The summed E-state index contributed by atoms with van der Waals surface area (Å²) in [7, 11) is 0. The Kier molecular flexibility index (Phi) is 4.88. The molecule has 1 amide bonds. The number of aromatic amines is 1. The first-order valence-corrected chi connectivity index (χ1v) is 6.87. The lowest BCUT2D eigenvalue weighted by Gasteiger charge is -2.06. The largest absolute Gasteiger partial charge is 0.348 e. The molecule has 2 rings (SSSR count). The second-order valence-electron chi connectivity index (χ2n) is 5.02. The Morgan fingerprint density at radius 1 is 1.32 bits per heavy atom. The fourth-order valence-corrected chi connectivity index (χ4v) is 2.11. The van der Waals surface area contributed by atoms with E-state index in [1.54, 1.807) is 25.1 Å². The van der Waals surface area contributed by atoms with E-state index in [1.165, 1.54) is 18.2 Å². The summed E-state index contributed by atoms with van der Waals surface area (Å²) in [6.07, 6.45) is 2.65. The highest BCUT2D eigenvalue weighted by Gasteiger charge is 2.06. The average Bonchev–Trinajstić information content (AvgIpc) is 2.45. The topological polar surface area (TPSA) is 62.0 Å². The average molecular weight is 300 g/mol. The molecule has 0 unspecified atom stereocenters. The third kappa shape index (κ3) is 3.91. The number of hydrogen-bond acceptors (Lipinski definition) is 2. The summed E-state index contributed by atoms with van der Waals surface area (Å²) in [5.41, 5.74) is 2.23. The Morgan fingerprint density at radius 3 is 2.73 bits per heavy atom. The number of nitrogens with one attached hydrogen (secondary N) is 2. The van der Waals surface area contributed by atoms with Gasteiger partial charge in [0.2, 0.25) is 5.91 Å². The van der Waals surface area contributed by atoms with E-state index in [2.05, 4.69) is 10.3 Å². The molecule has 0 saturated heterocycles. The zero-order chi connectivity index (χ0) is 16.1. The summed E-state index contributed by atoms with van der Waals surface area (Å²) in [6.45, 7) is 3.74. The lowest BCUT2D eigenvalue weighted by Crippen LogP contribution is -2.26. The summed E-state index contributed by atoms with van der Waals surface area (Å²) < 4.78 is 13.4. The maximum Gasteiger partial charge on any atom is 0.253 e. The lowest BCUT2D eigenvalue weighted by atomic mass is 10.1. The van der Waals surface area contributed by atoms with Crippen molar-refractivity contribution in [2.45, 2.75) is 20.4 Å². The number of pyridine rings is 1. The van der Waals surface area contributed by atoms with Gasteiger partial charge in [-0.3, -0.25) is 9.59 Å². The van der Waals surface area contributed by atoms with Crippen molar-refractivity contribution in [1.29, 1.82) is 0 Å². The van der Waals surface area contributed by atoms with Crippen LogP contribution in [-0.4, -0.2) is 10.9 Å². The maximum absolute atomic E-state index is 13.4. The Morgan fingerprint density at radius 2 is 2.05 bits per heavy atom. The van der Waals surface area contributed by atoms with Crippen LogP contribution < -0.4 is 10.9 Å². The molecule has 2 N–H and O–H groups in total. The highest BCUT2D eigenvalue weighted by Crippen LogP contribution is 2.08. The van der Waals surface area contributed by atoms with E-state index < -0.39 is 5.82 Å². The Labute approximate surface area is 127 Å². The van der Waals surface area contributed by atoms with Crippen LogP contribution in [0.15, 0.2) is 41.2 Å². The number of aryl methyl sites for hydroxylation is 2. The minimum atomic E-state index is -0.391. The van der Waals surface area contributed by atoms with Crippen LogP contribution in [0, 0.1) is 19.7 Å². The van der Waals surface area contributed by atoms with Crippen molar-refractivity contribution in [1.82, 2.24) is 10.3 Å². The predicted molar refractivity (Wildman–Crippen MR) is 83.8 cm³/mol. The molecular weight excluding hydrogens is 283 g/mol. The van der Waals surface area contributed by atoms with Crippen molar-refractivity contribution in [2.75, 3.05) is 0 Å². The molecule has 1 aromatic carbocycles. The van der Waals surface area contributed by atoms with Crippen LogP contribution >= 0.6 is 0 Å². The molecule has 0 fully saturated rings. The smallest absolute Gasteiger partial charge is 0.253 e. The molecular formula is C17H17FN2O2. The standard InChI is InChI=1S/C17H17FN2O2/c1-11-9-12(2)20-17(22)14(11)10-19-16(21)8-7-13-5-3-4-6-15(13)18/h3-9H,10H2,1-2H3,(H,19,21)(H,20,22)/b8-7+. The van der Waals surface area contributed by atoms with Gasteiger partial charge in [0.25, 0.3) is 5.56 Å². The summed E-state index contributed by atoms with van der Waals surface area (Å²) in [5, 5.41) is 2.62. The molecule has 0 atom stereocenters. The minimum absolute atomic E-state index is 0.127. The zero-order valence-electron chi connectivity index (χ0n) is 12.4. The Hall–Kier alpha value is -2.69. The van der Waals surface area contributed by atoms with Crippen molar-refractivity contribution >= 4 is 12.0 Å². The number of H-pyrrole nitrogens is 1. The number of hydrogen-bond donors (Lipinski definition) is 2. The number of aromatic nitrogens is 1. The second-order valence-corrected chi connectivity index (χ2v) is 5.02. The van der Waals surface area contributed by atoms with Gasteiger partial charge in [-0.2, -0.15) is 0 Å². The Balaban J connectivity index is 2.02. The first kappa shape index (κ1) is 15.7. The summed E-state index contributed by atoms with van der Waals surface area (Å²) in [5.74, 6) is -0.778. The third-order valence-corrected chi connectivity index (χ3v) is 3.25. The molecule has 0 spiro atoms. The number of carbonyl (C=O) groups is 1. The van der Waals surface area contributed by atoms with Crippen LogP contribution in [0.1, 0.15) is 22.4 Å². The molecule has 0 saturated carbocycles. The quantitative estimate of drug-likeness (QED) is 0.852. The van der Waals surface area contributed by atoms with Gasteiger partial charge in [0, 0.05) is 29.4 Å². The van der Waals surface area contributed by atoms with Crippen LogP contribution in [0.25, 0.3) is 6.08 Å². The zero-order valence-corrected chi connectivity index (χ0v) is 12.4. The second kappa shape index (κ2) is 6.85. The van der Waals surface area contributed by atoms with Crippen molar-refractivity contribution in [3.05, 3.63) is 75.0 Å². The van der Waals surface area contributed by atoms with Gasteiger partial charge >= 0.3 is 0 Å². The molecule has 0 radical (unpaired) electrons. The van der Waals surface area contributed by atoms with E-state index in [0.717, 1.165) is 11.3 Å². The predicted octanol–water partition coefficient (Wildman–Crippen LogP) is 2.46. The van der Waals surface area contributed by atoms with Crippen molar-refractivity contribution in [2.24, 2.45) is 0 Å². The van der Waals surface area contributed by atoms with E-state index in [4.69, 9.17) is 0 Å². The maximum atomic E-state index is 13.4. The fourth-order valence-electron chi connectivity index (χ4n) is 2.11. The molecule has 2 aromatic rings. The highest BCUT2D eigenvalue weighted by atomic mass is 19.1. The van der Waals surface area contributed by atoms with Crippen LogP contribution in [0.2, 0.25) is 0 Å². The molecule has 0 aliphatic carbocycles. The molecule has 1 aromatic heterocycles. The molecule has 0 bridgehead atoms. The van der Waals surface area contributed by atoms with E-state index in [-0.39, 0.29) is 18.0 Å². The number of carbonyl (C=O) groups excluding carboxylic acids is 1. The van der Waals surface area contributed by atoms with Crippen molar-refractivity contribution < 1.29 is 9.18 Å². The third-order valence-electron chi connectivity index (χ3n) is 3.25. The van der Waals surface area contributed by atoms with E-state index in [9.17, 15) is 14.0 Å². The number of halogens is 1. The molecule has 0 aliphatic rings. The molecule has 1 heterocycles. The number of benzene rings is 1. The molecule has 4 nitrogen and oxygen atoms in total. The van der Waals surface area contributed by atoms with Crippen LogP contribution in [0.5, 0.6) is 0 Å². The van der Waals surface area contributed by atoms with Gasteiger partial charge in [-0.1, -0.05) is 18.2 Å². The van der Waals surface area contributed by atoms with Crippen LogP contribution in [-0.2, 0) is 11.3 Å². The van der Waals surface area contributed by atoms with E-state index in [1.807, 2.05) is 13.0 Å². The summed E-state index contributed by atoms with van der Waals surface area (Å²) >= 11 is 0.